The predicted molar refractivity (Wildman–Crippen MR) is 16.8 cm³/mol. The molecule has 0 aliphatic heterocycles. The van der Waals surface area contributed by atoms with Gasteiger partial charge in [-0.2, -0.15) is 0 Å². The van der Waals surface area contributed by atoms with Crippen molar-refractivity contribution in [3.05, 3.63) is 0 Å². The summed E-state index contributed by atoms with van der Waals surface area (Å²) in [7, 11) is -1.18. The van der Waals surface area contributed by atoms with E-state index in [1.807, 2.05) is 0 Å². The van der Waals surface area contributed by atoms with Gasteiger partial charge in [-0.25, -0.2) is 0 Å². The van der Waals surface area contributed by atoms with Crippen molar-refractivity contribution in [2.24, 2.45) is 0 Å². The molecule has 0 aliphatic rings. The first-order chi connectivity index (χ1) is 2.27. The van der Waals surface area contributed by atoms with Crippen LogP contribution >= 0.6 is 8.25 Å². The second-order valence-corrected chi connectivity index (χ2v) is 1.26. The normalized spacial score (nSPS) is 9.33. The van der Waals surface area contributed by atoms with Crippen LogP contribution in [-0.4, -0.2) is 12.0 Å². The Kier molecular flexibility index (Phi) is 8.96. The maximum Gasteiger partial charge on any atom is 0.694 e. The van der Waals surface area contributed by atoms with Crippen molar-refractivity contribution in [1.82, 2.24) is 0 Å². The molecule has 1 radical (unpaired) electrons. The van der Waals surface area contributed by atoms with Gasteiger partial charge in [0.1, 0.15) is 0 Å². The van der Waals surface area contributed by atoms with Gasteiger partial charge in [-0.05, 0) is 0 Å². The molecule has 0 spiro atoms. The standard InChI is InChI=1S/CH3O3P.Co/c1-4-5(2)3;/h1H3;/p+1. The van der Waals surface area contributed by atoms with Crippen molar-refractivity contribution >= 4 is 8.25 Å². The van der Waals surface area contributed by atoms with Crippen molar-refractivity contribution in [3.63, 3.8) is 0 Å². The molecule has 5 heteroatoms. The van der Waals surface area contributed by atoms with E-state index in [9.17, 15) is 4.57 Å². The van der Waals surface area contributed by atoms with E-state index in [4.69, 9.17) is 4.89 Å². The van der Waals surface area contributed by atoms with E-state index in [-0.39, 0.29) is 16.8 Å². The number of hydrogen-bond donors (Lipinski definition) is 1. The molecule has 0 fully saturated rings. The Labute approximate surface area is 46.8 Å². The fourth-order valence-electron chi connectivity index (χ4n) is 0. The molecule has 0 aliphatic carbocycles. The summed E-state index contributed by atoms with van der Waals surface area (Å²) in [5, 5.41) is 0. The molecule has 0 aromatic carbocycles. The SMILES string of the molecule is CO[P+](=O)O.[Co]. The largest absolute Gasteiger partial charge is 0.694 e. The third-order valence-corrected chi connectivity index (χ3v) is 0.469. The van der Waals surface area contributed by atoms with E-state index >= 15 is 0 Å². The van der Waals surface area contributed by atoms with Gasteiger partial charge in [0, 0.05) is 21.3 Å². The first kappa shape index (κ1) is 9.73. The van der Waals surface area contributed by atoms with Gasteiger partial charge in [0.05, 0.1) is 7.11 Å². The molecular formula is CH4CoO3P+. The molecule has 0 aromatic heterocycles. The molecule has 3 nitrogen and oxygen atoms in total. The van der Waals surface area contributed by atoms with Gasteiger partial charge in [-0.3, -0.25) is 0 Å². The summed E-state index contributed by atoms with van der Waals surface area (Å²) < 4.78 is 13.1. The third kappa shape index (κ3) is 8.82. The van der Waals surface area contributed by atoms with E-state index in [2.05, 4.69) is 4.52 Å². The average Bonchev–Trinajstić information content (AvgIpc) is 1.38. The summed E-state index contributed by atoms with van der Waals surface area (Å²) >= 11 is 0. The van der Waals surface area contributed by atoms with Crippen LogP contribution in [0.15, 0.2) is 0 Å². The molecule has 0 rings (SSSR count). The van der Waals surface area contributed by atoms with Gasteiger partial charge in [0.2, 0.25) is 0 Å². The van der Waals surface area contributed by atoms with Crippen molar-refractivity contribution in [3.8, 4) is 0 Å². The van der Waals surface area contributed by atoms with Gasteiger partial charge in [-0.15, -0.1) is 9.42 Å². The molecule has 0 saturated heterocycles. The van der Waals surface area contributed by atoms with E-state index in [0.29, 0.717) is 0 Å². The average molecular weight is 154 g/mol. The Morgan fingerprint density at radius 2 is 2.00 bits per heavy atom. The molecule has 1 atom stereocenters. The first-order valence-electron chi connectivity index (χ1n) is 0.973. The minimum absolute atomic E-state index is 0. The van der Waals surface area contributed by atoms with Crippen molar-refractivity contribution in [2.45, 2.75) is 0 Å². The van der Waals surface area contributed by atoms with Crippen LogP contribution in [0.5, 0.6) is 0 Å². The first-order valence-corrected chi connectivity index (χ1v) is 2.10. The summed E-state index contributed by atoms with van der Waals surface area (Å²) in [5.41, 5.74) is 0. The van der Waals surface area contributed by atoms with Crippen LogP contribution in [0.25, 0.3) is 0 Å². The second-order valence-electron chi connectivity index (χ2n) is 0.420. The molecular weight excluding hydrogens is 150 g/mol. The van der Waals surface area contributed by atoms with Gasteiger partial charge < -0.3 is 0 Å². The van der Waals surface area contributed by atoms with Crippen LogP contribution in [0.1, 0.15) is 0 Å². The van der Waals surface area contributed by atoms with Crippen LogP contribution in [0.4, 0.5) is 0 Å². The van der Waals surface area contributed by atoms with Crippen LogP contribution in [0, 0.1) is 0 Å². The van der Waals surface area contributed by atoms with Crippen molar-refractivity contribution in [2.75, 3.05) is 7.11 Å². The van der Waals surface area contributed by atoms with Crippen LogP contribution in [0.2, 0.25) is 0 Å². The summed E-state index contributed by atoms with van der Waals surface area (Å²) in [5.74, 6) is 0. The summed E-state index contributed by atoms with van der Waals surface area (Å²) in [6, 6.07) is 0. The Morgan fingerprint density at radius 3 is 2.00 bits per heavy atom. The Morgan fingerprint density at radius 1 is 1.83 bits per heavy atom. The summed E-state index contributed by atoms with van der Waals surface area (Å²) in [6.45, 7) is 0. The maximum absolute atomic E-state index is 9.29. The molecule has 0 amide bonds. The second kappa shape index (κ2) is 5.53. The van der Waals surface area contributed by atoms with Gasteiger partial charge >= 0.3 is 8.25 Å². The third-order valence-electron chi connectivity index (χ3n) is 0.156. The van der Waals surface area contributed by atoms with Gasteiger partial charge in [-0.1, -0.05) is 0 Å². The van der Waals surface area contributed by atoms with E-state index in [1.165, 1.54) is 7.11 Å². The fourth-order valence-corrected chi connectivity index (χ4v) is 0. The molecule has 1 N–H and O–H groups in total. The predicted octanol–water partition coefficient (Wildman–Crippen LogP) is 0.280. The quantitative estimate of drug-likeness (QED) is 0.551. The smallest absolute Gasteiger partial charge is 0.133 e. The Balaban J connectivity index is 0. The monoisotopic (exact) mass is 154 g/mol. The zero-order valence-corrected chi connectivity index (χ0v) is 4.98. The molecule has 0 saturated carbocycles. The van der Waals surface area contributed by atoms with Crippen LogP contribution in [0.3, 0.4) is 0 Å². The van der Waals surface area contributed by atoms with E-state index in [1.54, 1.807) is 0 Å². The fraction of sp³-hybridized carbons (Fsp3) is 1.00. The number of rotatable bonds is 1. The minimum atomic E-state index is -2.35. The molecule has 0 heterocycles. The summed E-state index contributed by atoms with van der Waals surface area (Å²) in [6.07, 6.45) is 0. The summed E-state index contributed by atoms with van der Waals surface area (Å²) in [4.78, 5) is 7.65. The van der Waals surface area contributed by atoms with E-state index < -0.39 is 8.25 Å². The van der Waals surface area contributed by atoms with Gasteiger partial charge in [0.15, 0.2) is 0 Å². The van der Waals surface area contributed by atoms with E-state index in [0.717, 1.165) is 0 Å². The molecule has 6 heavy (non-hydrogen) atoms. The van der Waals surface area contributed by atoms with Crippen LogP contribution in [-0.2, 0) is 25.9 Å². The zero-order chi connectivity index (χ0) is 4.28. The Hall–Kier alpha value is 0.526. The minimum Gasteiger partial charge on any atom is -0.133 e. The van der Waals surface area contributed by atoms with Crippen molar-refractivity contribution < 1.29 is 30.8 Å². The van der Waals surface area contributed by atoms with Crippen molar-refractivity contribution in [1.29, 1.82) is 0 Å². The molecule has 1 unspecified atom stereocenters. The van der Waals surface area contributed by atoms with Gasteiger partial charge in [0.25, 0.3) is 0 Å². The number of hydrogen-bond acceptors (Lipinski definition) is 2. The zero-order valence-electron chi connectivity index (χ0n) is 3.04. The van der Waals surface area contributed by atoms with Crippen LogP contribution < -0.4 is 0 Å². The Bertz CT molecular complexity index is 46.1. The molecule has 0 aromatic rings. The topological polar surface area (TPSA) is 46.5 Å². The maximum atomic E-state index is 9.29. The molecule has 0 bridgehead atoms. The molecule has 39 valence electrons.